The van der Waals surface area contributed by atoms with E-state index in [4.69, 9.17) is 9.84 Å². The minimum Gasteiger partial charge on any atom is -0.481 e. The molecule has 0 saturated carbocycles. The molecular formula is C8H14O3. The molecule has 1 saturated heterocycles. The molecule has 0 aliphatic carbocycles. The highest BCUT2D eigenvalue weighted by molar-refractivity contribution is 5.69. The van der Waals surface area contributed by atoms with Crippen LogP contribution in [0.5, 0.6) is 0 Å². The van der Waals surface area contributed by atoms with Crippen LogP contribution in [0.4, 0.5) is 0 Å². The topological polar surface area (TPSA) is 46.5 Å². The van der Waals surface area contributed by atoms with E-state index in [9.17, 15) is 4.79 Å². The van der Waals surface area contributed by atoms with Crippen molar-refractivity contribution in [3.8, 4) is 0 Å². The Labute approximate surface area is 66.4 Å². The number of ether oxygens (including phenoxy) is 1. The molecule has 0 aromatic rings. The molecule has 1 N–H and O–H groups in total. The molecule has 1 aliphatic rings. The number of carboxylic acid groups (broad SMARTS) is 1. The predicted molar refractivity (Wildman–Crippen MR) is 40.4 cm³/mol. The van der Waals surface area contributed by atoms with Crippen LogP contribution in [0.15, 0.2) is 0 Å². The Morgan fingerprint density at radius 1 is 1.82 bits per heavy atom. The second kappa shape index (κ2) is 3.72. The van der Waals surface area contributed by atoms with Crippen LogP contribution in [-0.2, 0) is 9.53 Å². The lowest BCUT2D eigenvalue weighted by Gasteiger charge is -2.11. The molecule has 1 aliphatic heterocycles. The third kappa shape index (κ3) is 2.50. The second-order valence-corrected chi connectivity index (χ2v) is 3.11. The number of hydrogen-bond donors (Lipinski definition) is 1. The van der Waals surface area contributed by atoms with E-state index in [1.165, 1.54) is 0 Å². The highest BCUT2D eigenvalue weighted by Gasteiger charge is 2.21. The normalized spacial score (nSPS) is 26.8. The van der Waals surface area contributed by atoms with Gasteiger partial charge in [0.05, 0.1) is 12.0 Å². The summed E-state index contributed by atoms with van der Waals surface area (Å²) in [5.74, 6) is -0.987. The van der Waals surface area contributed by atoms with Gasteiger partial charge in [0.15, 0.2) is 0 Å². The number of carbonyl (C=O) groups is 1. The first-order chi connectivity index (χ1) is 5.20. The maximum absolute atomic E-state index is 10.4. The van der Waals surface area contributed by atoms with E-state index >= 15 is 0 Å². The molecule has 1 heterocycles. The quantitative estimate of drug-likeness (QED) is 0.673. The van der Waals surface area contributed by atoms with Gasteiger partial charge in [-0.05, 0) is 19.3 Å². The van der Waals surface area contributed by atoms with Crippen LogP contribution in [0.1, 0.15) is 26.2 Å². The van der Waals surface area contributed by atoms with Crippen molar-refractivity contribution in [1.82, 2.24) is 0 Å². The highest BCUT2D eigenvalue weighted by Crippen LogP contribution is 2.19. The van der Waals surface area contributed by atoms with Gasteiger partial charge in [-0.1, -0.05) is 6.92 Å². The summed E-state index contributed by atoms with van der Waals surface area (Å²) in [7, 11) is 0. The lowest BCUT2D eigenvalue weighted by Crippen LogP contribution is -2.17. The highest BCUT2D eigenvalue weighted by atomic mass is 16.5. The minimum absolute atomic E-state index is 0.195. The van der Waals surface area contributed by atoms with Gasteiger partial charge < -0.3 is 9.84 Å². The molecule has 0 amide bonds. The van der Waals surface area contributed by atoms with Crippen LogP contribution in [0, 0.1) is 5.92 Å². The average Bonchev–Trinajstić information content (AvgIpc) is 2.39. The molecule has 0 spiro atoms. The lowest BCUT2D eigenvalue weighted by atomic mass is 10.0. The van der Waals surface area contributed by atoms with Gasteiger partial charge in [0.2, 0.25) is 0 Å². The maximum Gasteiger partial charge on any atom is 0.306 e. The fourth-order valence-electron chi connectivity index (χ4n) is 1.33. The Morgan fingerprint density at radius 3 is 3.00 bits per heavy atom. The number of carboxylic acids is 1. The molecule has 64 valence electrons. The fraction of sp³-hybridized carbons (Fsp3) is 0.875. The summed E-state index contributed by atoms with van der Waals surface area (Å²) in [4.78, 5) is 10.4. The molecule has 0 radical (unpaired) electrons. The van der Waals surface area contributed by atoms with E-state index in [0.717, 1.165) is 19.4 Å². The largest absolute Gasteiger partial charge is 0.481 e. The monoisotopic (exact) mass is 158 g/mol. The Kier molecular flexibility index (Phi) is 2.88. The number of rotatable bonds is 3. The van der Waals surface area contributed by atoms with Crippen LogP contribution in [-0.4, -0.2) is 23.8 Å². The zero-order valence-electron chi connectivity index (χ0n) is 6.75. The van der Waals surface area contributed by atoms with Crippen molar-refractivity contribution in [2.75, 3.05) is 6.61 Å². The first kappa shape index (κ1) is 8.53. The van der Waals surface area contributed by atoms with Crippen LogP contribution < -0.4 is 0 Å². The third-order valence-corrected chi connectivity index (χ3v) is 2.06. The molecule has 1 unspecified atom stereocenters. The molecule has 2 atom stereocenters. The van der Waals surface area contributed by atoms with E-state index in [2.05, 4.69) is 0 Å². The Hall–Kier alpha value is -0.570. The summed E-state index contributed by atoms with van der Waals surface area (Å²) in [6.45, 7) is 2.53. The van der Waals surface area contributed by atoms with Crippen molar-refractivity contribution in [2.45, 2.75) is 32.3 Å². The molecule has 1 rings (SSSR count). The Bertz CT molecular complexity index is 138. The van der Waals surface area contributed by atoms with Crippen LogP contribution in [0.3, 0.4) is 0 Å². The van der Waals surface area contributed by atoms with Gasteiger partial charge in [-0.2, -0.15) is 0 Å². The number of aliphatic carboxylic acids is 1. The lowest BCUT2D eigenvalue weighted by molar-refractivity contribution is -0.142. The average molecular weight is 158 g/mol. The molecule has 3 heteroatoms. The van der Waals surface area contributed by atoms with Crippen LogP contribution >= 0.6 is 0 Å². The molecule has 3 nitrogen and oxygen atoms in total. The summed E-state index contributed by atoms with van der Waals surface area (Å²) in [6.07, 6.45) is 2.96. The number of hydrogen-bond acceptors (Lipinski definition) is 2. The molecule has 0 aromatic carbocycles. The smallest absolute Gasteiger partial charge is 0.306 e. The zero-order valence-corrected chi connectivity index (χ0v) is 6.75. The van der Waals surface area contributed by atoms with Gasteiger partial charge in [0.25, 0.3) is 0 Å². The molecule has 1 fully saturated rings. The molecule has 11 heavy (non-hydrogen) atoms. The summed E-state index contributed by atoms with van der Waals surface area (Å²) in [6, 6.07) is 0. The van der Waals surface area contributed by atoms with Gasteiger partial charge in [0, 0.05) is 6.61 Å². The van der Waals surface area contributed by atoms with Gasteiger partial charge in [0.1, 0.15) is 0 Å². The first-order valence-corrected chi connectivity index (χ1v) is 4.04. The molecule has 0 bridgehead atoms. The minimum atomic E-state index is -0.722. The summed E-state index contributed by atoms with van der Waals surface area (Å²) < 4.78 is 5.31. The van der Waals surface area contributed by atoms with Crippen LogP contribution in [0.25, 0.3) is 0 Å². The van der Waals surface area contributed by atoms with Crippen LogP contribution in [0.2, 0.25) is 0 Å². The van der Waals surface area contributed by atoms with E-state index in [1.807, 2.05) is 0 Å². The SMILES string of the molecule is C[C@H](CC1CCCO1)C(=O)O. The van der Waals surface area contributed by atoms with Gasteiger partial charge in [-0.3, -0.25) is 4.79 Å². The van der Waals surface area contributed by atoms with Gasteiger partial charge >= 0.3 is 5.97 Å². The summed E-state index contributed by atoms with van der Waals surface area (Å²) in [5.41, 5.74) is 0. The van der Waals surface area contributed by atoms with Crippen molar-refractivity contribution in [3.05, 3.63) is 0 Å². The predicted octanol–water partition coefficient (Wildman–Crippen LogP) is 1.28. The standard InChI is InChI=1S/C8H14O3/c1-6(8(9)10)5-7-3-2-4-11-7/h6-7H,2-5H2,1H3,(H,9,10)/t6-,7?/m1/s1. The summed E-state index contributed by atoms with van der Waals surface area (Å²) in [5, 5.41) is 8.59. The summed E-state index contributed by atoms with van der Waals surface area (Å²) >= 11 is 0. The first-order valence-electron chi connectivity index (χ1n) is 4.04. The van der Waals surface area contributed by atoms with Crippen molar-refractivity contribution in [3.63, 3.8) is 0 Å². The maximum atomic E-state index is 10.4. The molecule has 0 aromatic heterocycles. The van der Waals surface area contributed by atoms with Crippen molar-refractivity contribution in [1.29, 1.82) is 0 Å². The van der Waals surface area contributed by atoms with E-state index in [0.29, 0.717) is 6.42 Å². The van der Waals surface area contributed by atoms with Crippen molar-refractivity contribution >= 4 is 5.97 Å². The second-order valence-electron chi connectivity index (χ2n) is 3.11. The Balaban J connectivity index is 2.23. The van der Waals surface area contributed by atoms with E-state index < -0.39 is 5.97 Å². The fourth-order valence-corrected chi connectivity index (χ4v) is 1.33. The molecular weight excluding hydrogens is 144 g/mol. The van der Waals surface area contributed by atoms with Crippen molar-refractivity contribution in [2.24, 2.45) is 5.92 Å². The van der Waals surface area contributed by atoms with Gasteiger partial charge in [-0.15, -0.1) is 0 Å². The third-order valence-electron chi connectivity index (χ3n) is 2.06. The van der Waals surface area contributed by atoms with Crippen molar-refractivity contribution < 1.29 is 14.6 Å². The van der Waals surface area contributed by atoms with E-state index in [-0.39, 0.29) is 12.0 Å². The van der Waals surface area contributed by atoms with E-state index in [1.54, 1.807) is 6.92 Å². The zero-order chi connectivity index (χ0) is 8.27. The van der Waals surface area contributed by atoms with Gasteiger partial charge in [-0.25, -0.2) is 0 Å². The Morgan fingerprint density at radius 2 is 2.55 bits per heavy atom.